The van der Waals surface area contributed by atoms with Crippen LogP contribution in [0.3, 0.4) is 0 Å². The van der Waals surface area contributed by atoms with E-state index in [1.165, 1.54) is 122 Å². The maximum atomic E-state index is 8.58. The summed E-state index contributed by atoms with van der Waals surface area (Å²) in [4.78, 5) is 0. The molecule has 642 valence electrons. The zero-order chi connectivity index (χ0) is 99.9. The Morgan fingerprint density at radius 2 is 0.527 bits per heavy atom. The van der Waals surface area contributed by atoms with Crippen LogP contribution in [0.1, 0.15) is 155 Å². The zero-order valence-electron chi connectivity index (χ0n) is 87.9. The van der Waals surface area contributed by atoms with E-state index >= 15 is 0 Å². The molecule has 8 nitrogen and oxygen atoms in total. The van der Waals surface area contributed by atoms with E-state index in [0.717, 1.165) is 115 Å². The molecule has 0 spiro atoms. The number of fused-ring (bicyclic) bond motifs is 24. The van der Waals surface area contributed by atoms with Crippen LogP contribution in [0.25, 0.3) is 219 Å². The second-order valence-corrected chi connectivity index (χ2v) is 36.7. The number of hydrogen-bond donors (Lipinski definition) is 0. The van der Waals surface area contributed by atoms with Crippen molar-refractivity contribution in [3.05, 3.63) is 359 Å². The Kier molecular flexibility index (Phi) is 17.7. The number of furan rings is 4. The largest absolute Gasteiger partial charge is 0.455 e. The van der Waals surface area contributed by atoms with Gasteiger partial charge in [0.05, 0.1) is 43.8 Å². The molecule has 131 heavy (non-hydrogen) atoms. The average molecular weight is 1720 g/mol. The molecule has 16 aromatic carbocycles. The minimum Gasteiger partial charge on any atom is -0.455 e. The van der Waals surface area contributed by atoms with Gasteiger partial charge >= 0.3 is 0 Å². The Hall–Kier alpha value is -14.6. The monoisotopic (exact) mass is 1720 g/mol. The first-order valence-corrected chi connectivity index (χ1v) is 45.3. The van der Waals surface area contributed by atoms with Crippen molar-refractivity contribution in [1.29, 1.82) is 0 Å². The van der Waals surface area contributed by atoms with Gasteiger partial charge in [-0.3, -0.25) is 0 Å². The fourth-order valence-electron chi connectivity index (χ4n) is 20.3. The smallest absolute Gasteiger partial charge is 0.224 e. The van der Waals surface area contributed by atoms with Crippen LogP contribution in [0.5, 0.6) is 0 Å². The molecule has 0 saturated heterocycles. The lowest BCUT2D eigenvalue weighted by atomic mass is 9.92. The van der Waals surface area contributed by atoms with Crippen molar-refractivity contribution in [2.75, 3.05) is 0 Å². The maximum Gasteiger partial charge on any atom is 0.224 e. The molecule has 0 aliphatic carbocycles. The first-order chi connectivity index (χ1) is 67.6. The molecular formula is C123H110N4O4+4. The molecule has 0 radical (unpaired) electrons. The molecule has 0 saturated carbocycles. The van der Waals surface area contributed by atoms with E-state index in [9.17, 15) is 0 Å². The normalized spacial score (nSPS) is 14.1. The predicted octanol–water partition coefficient (Wildman–Crippen LogP) is 32.2. The Labute approximate surface area is 779 Å². The summed E-state index contributed by atoms with van der Waals surface area (Å²) in [5.74, 6) is -1.51. The SMILES string of the molecule is Cc1cc2c(oc3ccc4ccccc4c32)c(-c2c3ccc(C(C)C)cc3cc[n+]2C)c1C.Cc1ccc2c(oc3ccc4ccccc4c32)c1-c1c2ccc(C(C)C)cc2cc[n+]1C.[2H]C([2H])([2H])c1cc2c(oc3ccc4ccccc4c32)c(-c2c3ccc(C([2H])(C)C([2H])([2H])[2H])cc3cc[n+]2C)c1C.[2H]C([2H])([2H])c1cc2c(oc3ccc4ccccc4c32)c(-c2c3ccc(C([2H])(C)C)cc3cc[n+]2C)c1C. The van der Waals surface area contributed by atoms with E-state index in [2.05, 4.69) is 242 Å². The van der Waals surface area contributed by atoms with Crippen molar-refractivity contribution in [2.45, 2.75) is 127 Å². The lowest BCUT2D eigenvalue weighted by Crippen LogP contribution is -2.31. The summed E-state index contributed by atoms with van der Waals surface area (Å²) in [6.45, 7) is 17.3. The Morgan fingerprint density at radius 3 is 0.855 bits per heavy atom. The third-order valence-electron chi connectivity index (χ3n) is 27.6. The van der Waals surface area contributed by atoms with Gasteiger partial charge < -0.3 is 17.7 Å². The Morgan fingerprint density at radius 1 is 0.244 bits per heavy atom. The molecular weight excluding hydrogens is 1600 g/mol. The van der Waals surface area contributed by atoms with Gasteiger partial charge in [-0.05, 0) is 265 Å². The highest BCUT2D eigenvalue weighted by Gasteiger charge is 2.32. The Balaban J connectivity index is 0.000000112. The Bertz CT molecular complexity index is 9410. The number of pyridine rings is 4. The summed E-state index contributed by atoms with van der Waals surface area (Å²) in [7, 11) is 8.13. The minimum atomic E-state index is -2.50. The molecule has 1 unspecified atom stereocenters. The molecule has 0 amide bonds. The van der Waals surface area contributed by atoms with Crippen LogP contribution < -0.4 is 18.3 Å². The third kappa shape index (κ3) is 13.9. The lowest BCUT2D eigenvalue weighted by Gasteiger charge is -2.12. The maximum absolute atomic E-state index is 8.58. The summed E-state index contributed by atoms with van der Waals surface area (Å²) in [5, 5.41) is 25.8. The van der Waals surface area contributed by atoms with Gasteiger partial charge in [0.25, 0.3) is 0 Å². The third-order valence-corrected chi connectivity index (χ3v) is 27.6. The topological polar surface area (TPSA) is 68.1 Å². The van der Waals surface area contributed by atoms with Crippen molar-refractivity contribution in [3.63, 3.8) is 0 Å². The van der Waals surface area contributed by atoms with Gasteiger partial charge in [-0.1, -0.05) is 237 Å². The summed E-state index contributed by atoms with van der Waals surface area (Å²) >= 11 is 0. The predicted molar refractivity (Wildman–Crippen MR) is 551 cm³/mol. The molecule has 8 heterocycles. The first-order valence-electron chi connectivity index (χ1n) is 50.8. The highest BCUT2D eigenvalue weighted by molar-refractivity contribution is 6.26. The quantitative estimate of drug-likeness (QED) is 0.142. The number of nitrogens with zero attached hydrogens (tertiary/aromatic N) is 4. The number of rotatable bonds is 8. The van der Waals surface area contributed by atoms with Crippen LogP contribution in [-0.2, 0) is 28.2 Å². The van der Waals surface area contributed by atoms with Crippen molar-refractivity contribution >= 4 is 174 Å². The average Bonchev–Trinajstić information content (AvgIpc) is 1.56. The van der Waals surface area contributed by atoms with Crippen LogP contribution >= 0.6 is 0 Å². The van der Waals surface area contributed by atoms with E-state index in [4.69, 9.17) is 32.7 Å². The van der Waals surface area contributed by atoms with Gasteiger partial charge in [-0.15, -0.1) is 0 Å². The molecule has 0 aliphatic heterocycles. The number of benzene rings is 16. The van der Waals surface area contributed by atoms with Crippen LogP contribution in [0.15, 0.2) is 315 Å². The molecule has 24 aromatic rings. The zero-order valence-corrected chi connectivity index (χ0v) is 76.9. The van der Waals surface area contributed by atoms with Gasteiger partial charge in [-0.25, -0.2) is 18.3 Å². The molecule has 24 rings (SSSR count). The van der Waals surface area contributed by atoms with Gasteiger partial charge in [0.1, 0.15) is 72.9 Å². The molecule has 0 bridgehead atoms. The van der Waals surface area contributed by atoms with Crippen LogP contribution in [0.4, 0.5) is 0 Å². The van der Waals surface area contributed by atoms with Gasteiger partial charge in [0, 0.05) is 82.4 Å². The second-order valence-electron chi connectivity index (χ2n) is 36.7. The van der Waals surface area contributed by atoms with E-state index in [1.807, 2.05) is 154 Å². The summed E-state index contributed by atoms with van der Waals surface area (Å²) < 4.78 is 126. The second kappa shape index (κ2) is 32.6. The molecule has 8 aromatic heterocycles. The summed E-state index contributed by atoms with van der Waals surface area (Å²) in [5.41, 5.74) is 24.0. The van der Waals surface area contributed by atoms with E-state index in [1.54, 1.807) is 24.3 Å². The highest BCUT2D eigenvalue weighted by atomic mass is 16.3. The van der Waals surface area contributed by atoms with Gasteiger partial charge in [0.2, 0.25) is 22.8 Å². The molecule has 0 N–H and O–H groups in total. The van der Waals surface area contributed by atoms with Crippen LogP contribution in [0, 0.1) is 48.3 Å². The van der Waals surface area contributed by atoms with Crippen molar-refractivity contribution in [1.82, 2.24) is 0 Å². The van der Waals surface area contributed by atoms with Crippen molar-refractivity contribution < 1.29 is 51.0 Å². The fraction of sp³-hybridized carbons (Fsp3) is 0.187. The standard InChI is InChI=1S/3C31H28NO.C30H26NO/c3*1-18(2)22-10-12-25-23(17-22)14-15-32(5)30(25)28-20(4)19(3)16-26-29-24-9-7-6-8-21(24)11-13-27(29)33-31(26)28;1-18(2)21-10-13-24-22(17-21)15-16-31(4)29(24)27-19(3)9-12-25-28-23-8-6-5-7-20(23)11-14-26(28)32-30(25)27/h3*6-18H,1-5H3;5-18H,1-4H3/q4*+1/i1D3,3D3,18D;3D3,18D;;. The van der Waals surface area contributed by atoms with E-state index in [-0.39, 0.29) is 5.56 Å². The van der Waals surface area contributed by atoms with Crippen molar-refractivity contribution in [3.8, 4) is 45.0 Å². The minimum absolute atomic E-state index is 0.250. The molecule has 8 heteroatoms. The fourth-order valence-corrected chi connectivity index (χ4v) is 20.3. The highest BCUT2D eigenvalue weighted by Crippen LogP contribution is 2.49. The summed E-state index contributed by atoms with van der Waals surface area (Å²) in [6, 6.07) is 93.4. The molecule has 0 aliphatic rings. The van der Waals surface area contributed by atoms with Crippen LogP contribution in [0.2, 0.25) is 0 Å². The number of aromatic nitrogens is 4. The van der Waals surface area contributed by atoms with E-state index in [0.29, 0.717) is 56.4 Å². The van der Waals surface area contributed by atoms with E-state index < -0.39 is 32.3 Å². The first kappa shape index (κ1) is 71.3. The van der Waals surface area contributed by atoms with Gasteiger partial charge in [-0.2, -0.15) is 0 Å². The lowest BCUT2D eigenvalue weighted by molar-refractivity contribution is -0.659. The summed E-state index contributed by atoms with van der Waals surface area (Å²) in [6.07, 6.45) is 8.19. The molecule has 1 atom stereocenters. The van der Waals surface area contributed by atoms with Crippen LogP contribution in [-0.4, -0.2) is 0 Å². The van der Waals surface area contributed by atoms with Crippen molar-refractivity contribution in [2.24, 2.45) is 28.2 Å². The number of hydrogen-bond acceptors (Lipinski definition) is 4. The molecule has 0 fully saturated rings. The van der Waals surface area contributed by atoms with Gasteiger partial charge in [0.15, 0.2) is 24.8 Å². The number of aryl methyl sites for hydroxylation is 8.